The predicted molar refractivity (Wildman–Crippen MR) is 98.8 cm³/mol. The van der Waals surface area contributed by atoms with Crippen molar-refractivity contribution >= 4 is 28.4 Å². The van der Waals surface area contributed by atoms with Crippen LogP contribution in [0.1, 0.15) is 19.3 Å². The smallest absolute Gasteiger partial charge is 0.355 e. The minimum Gasteiger partial charge on any atom is -0.477 e. The number of alkyl halides is 2. The third-order valence-electron chi connectivity index (χ3n) is 3.66. The number of carbonyl (C=O) groups is 1. The van der Waals surface area contributed by atoms with Gasteiger partial charge < -0.3 is 9.47 Å². The zero-order valence-corrected chi connectivity index (χ0v) is 17.1. The third-order valence-corrected chi connectivity index (χ3v) is 4.69. The van der Waals surface area contributed by atoms with Crippen LogP contribution in [0.4, 0.5) is 13.2 Å². The van der Waals surface area contributed by atoms with E-state index in [1.165, 1.54) is 13.2 Å². The molecule has 0 saturated carbocycles. The summed E-state index contributed by atoms with van der Waals surface area (Å²) in [6.45, 7) is -0.740. The minimum absolute atomic E-state index is 0.0855. The molecule has 0 aliphatic heterocycles. The molecule has 0 amide bonds. The lowest BCUT2D eigenvalue weighted by atomic mass is 10.2. The van der Waals surface area contributed by atoms with Gasteiger partial charge in [-0.15, -0.1) is 5.10 Å². The molecule has 1 aromatic carbocycles. The molecule has 2 rings (SSSR count). The molecular weight excluding hydrogens is 439 g/mol. The average molecular weight is 456 g/mol. The predicted octanol–water partition coefficient (Wildman–Crippen LogP) is 2.22. The second kappa shape index (κ2) is 9.44. The quantitative estimate of drug-likeness (QED) is 0.567. The molecule has 2 atom stereocenters. The molecule has 1 aromatic heterocycles. The Morgan fingerprint density at radius 2 is 2.03 bits per heavy atom. The van der Waals surface area contributed by atoms with Crippen LogP contribution in [-0.4, -0.2) is 49.2 Å². The van der Waals surface area contributed by atoms with E-state index in [4.69, 9.17) is 21.1 Å². The summed E-state index contributed by atoms with van der Waals surface area (Å²) in [5.74, 6) is -2.17. The minimum atomic E-state index is -3.16. The van der Waals surface area contributed by atoms with Gasteiger partial charge in [0.15, 0.2) is 11.9 Å². The van der Waals surface area contributed by atoms with Crippen LogP contribution in [-0.2, 0) is 20.3 Å². The summed E-state index contributed by atoms with van der Waals surface area (Å²) in [4.78, 5) is 24.0. The van der Waals surface area contributed by atoms with E-state index in [9.17, 15) is 27.0 Å². The van der Waals surface area contributed by atoms with Gasteiger partial charge in [0, 0.05) is 23.1 Å². The van der Waals surface area contributed by atoms with Gasteiger partial charge in [0.2, 0.25) is 0 Å². The Bertz CT molecular complexity index is 995. The molecule has 160 valence electrons. The summed E-state index contributed by atoms with van der Waals surface area (Å²) in [5, 5.41) is 3.41. The van der Waals surface area contributed by atoms with Crippen molar-refractivity contribution in [2.24, 2.45) is 0 Å². The van der Waals surface area contributed by atoms with Crippen molar-refractivity contribution in [1.82, 2.24) is 14.3 Å². The first kappa shape index (κ1) is 22.9. The molecule has 8 nitrogen and oxygen atoms in total. The Hall–Kier alpha value is -2.34. The van der Waals surface area contributed by atoms with Gasteiger partial charge in [-0.2, -0.15) is 13.5 Å². The molecule has 0 fully saturated rings. The zero-order chi connectivity index (χ0) is 21.9. The number of aromatic nitrogens is 3. The second-order valence-corrected chi connectivity index (χ2v) is 7.79. The van der Waals surface area contributed by atoms with Crippen molar-refractivity contribution in [1.29, 1.82) is 0 Å². The number of carbonyl (C=O) groups excluding carboxylic acids is 1. The normalized spacial score (nSPS) is 13.4. The monoisotopic (exact) mass is 455 g/mol. The Morgan fingerprint density at radius 1 is 1.38 bits per heavy atom. The van der Waals surface area contributed by atoms with Crippen LogP contribution < -0.4 is 10.4 Å². The van der Waals surface area contributed by atoms with E-state index in [0.717, 1.165) is 19.1 Å². The number of nitrogens with zero attached hydrogens (tertiary/aromatic N) is 3. The van der Waals surface area contributed by atoms with E-state index in [1.54, 1.807) is 0 Å². The number of ether oxygens (including phenoxy) is 2. The fraction of sp³-hybridized carbons (Fsp3) is 0.438. The van der Waals surface area contributed by atoms with Gasteiger partial charge in [0.25, 0.3) is 0 Å². The van der Waals surface area contributed by atoms with Crippen molar-refractivity contribution in [2.75, 3.05) is 18.6 Å². The topological polar surface area (TPSA) is 92.4 Å². The van der Waals surface area contributed by atoms with Crippen molar-refractivity contribution in [3.63, 3.8) is 0 Å². The summed E-state index contributed by atoms with van der Waals surface area (Å²) in [5.41, 5.74) is -1.75. The van der Waals surface area contributed by atoms with E-state index in [2.05, 4.69) is 5.10 Å². The number of aryl methyl sites for hydroxylation is 1. The van der Waals surface area contributed by atoms with E-state index in [-0.39, 0.29) is 33.5 Å². The van der Waals surface area contributed by atoms with Crippen molar-refractivity contribution in [2.45, 2.75) is 26.5 Å². The number of rotatable bonds is 8. The van der Waals surface area contributed by atoms with Gasteiger partial charge in [-0.1, -0.05) is 11.6 Å². The Morgan fingerprint density at radius 3 is 2.59 bits per heavy atom. The highest BCUT2D eigenvalue weighted by Crippen LogP contribution is 2.30. The van der Waals surface area contributed by atoms with E-state index < -0.39 is 46.6 Å². The lowest BCUT2D eigenvalue weighted by Crippen LogP contribution is -2.28. The van der Waals surface area contributed by atoms with E-state index in [0.29, 0.717) is 4.68 Å². The van der Waals surface area contributed by atoms with Gasteiger partial charge >= 0.3 is 18.2 Å². The van der Waals surface area contributed by atoms with E-state index in [1.807, 2.05) is 0 Å². The fourth-order valence-corrected chi connectivity index (χ4v) is 2.76. The first-order chi connectivity index (χ1) is 13.5. The van der Waals surface area contributed by atoms with Crippen LogP contribution >= 0.6 is 11.6 Å². The van der Waals surface area contributed by atoms with Gasteiger partial charge in [-0.25, -0.2) is 18.5 Å². The molecule has 0 spiro atoms. The summed E-state index contributed by atoms with van der Waals surface area (Å²) in [6.07, 6.45) is 0.278. The zero-order valence-electron chi connectivity index (χ0n) is 15.5. The number of esters is 1. The summed E-state index contributed by atoms with van der Waals surface area (Å²) >= 11 is 5.92. The molecule has 0 aliphatic rings. The van der Waals surface area contributed by atoms with Crippen molar-refractivity contribution < 1.29 is 31.6 Å². The molecule has 2 unspecified atom stereocenters. The molecule has 1 heterocycles. The highest BCUT2D eigenvalue weighted by Gasteiger charge is 2.23. The number of hydrogen-bond donors (Lipinski definition) is 0. The van der Waals surface area contributed by atoms with Crippen LogP contribution in [0.15, 0.2) is 16.9 Å². The third kappa shape index (κ3) is 5.38. The standard InChI is InChI=1S/C16H17ClF3N3O5S/c1-8(14(24)27-4-5-29(3)26)28-13-7-12(11(18)6-10(13)17)23-16(25)22(15(19)20)9(2)21-23/h6-8,15H,4-5H2,1-3H3. The highest BCUT2D eigenvalue weighted by atomic mass is 35.5. The lowest BCUT2D eigenvalue weighted by molar-refractivity contribution is -0.150. The lowest BCUT2D eigenvalue weighted by Gasteiger charge is -2.16. The van der Waals surface area contributed by atoms with Crippen LogP contribution in [0.25, 0.3) is 5.69 Å². The van der Waals surface area contributed by atoms with Gasteiger partial charge in [-0.3, -0.25) is 4.21 Å². The first-order valence-corrected chi connectivity index (χ1v) is 10.2. The molecular formula is C16H17ClF3N3O5S. The number of halogens is 4. The van der Waals surface area contributed by atoms with E-state index >= 15 is 0 Å². The maximum Gasteiger partial charge on any atom is 0.355 e. The summed E-state index contributed by atoms with van der Waals surface area (Å²) < 4.78 is 62.0. The van der Waals surface area contributed by atoms with Gasteiger partial charge in [0.05, 0.1) is 10.8 Å². The highest BCUT2D eigenvalue weighted by molar-refractivity contribution is 7.84. The van der Waals surface area contributed by atoms with Crippen LogP contribution in [0.3, 0.4) is 0 Å². The summed E-state index contributed by atoms with van der Waals surface area (Å²) in [7, 11) is -1.15. The number of benzene rings is 1. The van der Waals surface area contributed by atoms with Crippen molar-refractivity contribution in [3.05, 3.63) is 39.3 Å². The van der Waals surface area contributed by atoms with Crippen LogP contribution in [0, 0.1) is 12.7 Å². The maximum atomic E-state index is 14.3. The fourth-order valence-electron chi connectivity index (χ4n) is 2.24. The molecule has 0 radical (unpaired) electrons. The molecule has 2 aromatic rings. The maximum absolute atomic E-state index is 14.3. The SMILES string of the molecule is Cc1nn(-c2cc(OC(C)C(=O)OCCS(C)=O)c(Cl)cc2F)c(=O)n1C(F)F. The summed E-state index contributed by atoms with van der Waals surface area (Å²) in [6, 6.07) is 1.76. The van der Waals surface area contributed by atoms with Crippen molar-refractivity contribution in [3.8, 4) is 11.4 Å². The first-order valence-electron chi connectivity index (χ1n) is 8.12. The Balaban J connectivity index is 2.31. The molecule has 29 heavy (non-hydrogen) atoms. The molecule has 0 bridgehead atoms. The average Bonchev–Trinajstić information content (AvgIpc) is 2.91. The largest absolute Gasteiger partial charge is 0.477 e. The van der Waals surface area contributed by atoms with Gasteiger partial charge in [0.1, 0.15) is 23.9 Å². The number of hydrogen-bond acceptors (Lipinski definition) is 6. The molecule has 0 aliphatic carbocycles. The Labute approximate surface area is 170 Å². The van der Waals surface area contributed by atoms with Crippen LogP contribution in [0.5, 0.6) is 5.75 Å². The molecule has 0 N–H and O–H groups in total. The van der Waals surface area contributed by atoms with Gasteiger partial charge in [-0.05, 0) is 19.9 Å². The molecule has 0 saturated heterocycles. The Kier molecular flexibility index (Phi) is 7.47. The molecule has 13 heteroatoms. The second-order valence-electron chi connectivity index (χ2n) is 5.83. The van der Waals surface area contributed by atoms with Crippen LogP contribution in [0.2, 0.25) is 5.02 Å².